The largest absolute Gasteiger partial charge is 0.466 e. The average Bonchev–Trinajstić information content (AvgIpc) is 2.32. The summed E-state index contributed by atoms with van der Waals surface area (Å²) in [6.07, 6.45) is 0.949. The summed E-state index contributed by atoms with van der Waals surface area (Å²) in [7, 11) is -3.82. The van der Waals surface area contributed by atoms with E-state index in [1.165, 1.54) is 0 Å². The number of hydrogen-bond donors (Lipinski definition) is 2. The standard InChI is InChI=1S/C10H13ClN2O5S/c1-2-18-9(14)3-4-13-19(16,17)7-5-8(11)10(15)12-6-7/h5-6,13H,2-4H2,1H3,(H,12,15). The van der Waals surface area contributed by atoms with Crippen LogP contribution in [0.3, 0.4) is 0 Å². The molecule has 0 saturated heterocycles. The molecule has 0 aliphatic rings. The molecule has 0 aromatic carbocycles. The number of aromatic nitrogens is 1. The molecule has 1 aromatic rings. The first-order valence-corrected chi connectivity index (χ1v) is 7.26. The van der Waals surface area contributed by atoms with Crippen LogP contribution in [0.15, 0.2) is 22.0 Å². The minimum Gasteiger partial charge on any atom is -0.466 e. The smallest absolute Gasteiger partial charge is 0.307 e. The van der Waals surface area contributed by atoms with Gasteiger partial charge in [-0.1, -0.05) is 11.6 Å². The van der Waals surface area contributed by atoms with E-state index in [-0.39, 0.29) is 29.5 Å². The molecule has 0 fully saturated rings. The van der Waals surface area contributed by atoms with Crippen molar-refractivity contribution >= 4 is 27.6 Å². The molecule has 0 radical (unpaired) electrons. The number of ether oxygens (including phenoxy) is 1. The molecule has 0 amide bonds. The minimum atomic E-state index is -3.82. The van der Waals surface area contributed by atoms with Crippen LogP contribution in [-0.4, -0.2) is 32.5 Å². The molecule has 0 saturated carbocycles. The molecule has 9 heteroatoms. The van der Waals surface area contributed by atoms with Crippen LogP contribution in [0.2, 0.25) is 5.02 Å². The molecular formula is C10H13ClN2O5S. The van der Waals surface area contributed by atoms with Crippen molar-refractivity contribution in [1.82, 2.24) is 9.71 Å². The second-order valence-corrected chi connectivity index (χ2v) is 5.64. The lowest BCUT2D eigenvalue weighted by atomic mass is 10.4. The quantitative estimate of drug-likeness (QED) is 0.733. The molecule has 0 aliphatic carbocycles. The summed E-state index contributed by atoms with van der Waals surface area (Å²) in [4.78, 5) is 24.1. The molecule has 1 rings (SSSR count). The van der Waals surface area contributed by atoms with Gasteiger partial charge in [-0.2, -0.15) is 0 Å². The molecule has 0 atom stereocenters. The molecule has 0 spiro atoms. The first kappa shape index (κ1) is 15.7. The molecule has 0 unspecified atom stereocenters. The Bertz CT molecular complexity index is 611. The lowest BCUT2D eigenvalue weighted by molar-refractivity contribution is -0.142. The first-order chi connectivity index (χ1) is 8.86. The Hall–Kier alpha value is -1.38. The number of H-pyrrole nitrogens is 1. The zero-order chi connectivity index (χ0) is 14.5. The minimum absolute atomic E-state index is 0.0792. The van der Waals surface area contributed by atoms with Gasteiger partial charge in [0, 0.05) is 12.7 Å². The molecule has 0 bridgehead atoms. The number of sulfonamides is 1. The number of rotatable bonds is 6. The van der Waals surface area contributed by atoms with Gasteiger partial charge in [-0.25, -0.2) is 13.1 Å². The van der Waals surface area contributed by atoms with Gasteiger partial charge in [-0.15, -0.1) is 0 Å². The summed E-state index contributed by atoms with van der Waals surface area (Å²) in [5.41, 5.74) is -0.577. The van der Waals surface area contributed by atoms with E-state index in [0.717, 1.165) is 12.3 Å². The van der Waals surface area contributed by atoms with Gasteiger partial charge in [-0.3, -0.25) is 9.59 Å². The topological polar surface area (TPSA) is 105 Å². The molecule has 1 heterocycles. The van der Waals surface area contributed by atoms with Gasteiger partial charge in [0.05, 0.1) is 17.9 Å². The molecule has 0 aliphatic heterocycles. The molecular weight excluding hydrogens is 296 g/mol. The highest BCUT2D eigenvalue weighted by Gasteiger charge is 2.15. The average molecular weight is 309 g/mol. The Morgan fingerprint density at radius 1 is 1.53 bits per heavy atom. The van der Waals surface area contributed by atoms with Crippen LogP contribution in [0.5, 0.6) is 0 Å². The van der Waals surface area contributed by atoms with E-state index in [9.17, 15) is 18.0 Å². The number of carbonyl (C=O) groups excluding carboxylic acids is 1. The fraction of sp³-hybridized carbons (Fsp3) is 0.400. The van der Waals surface area contributed by atoms with Crippen molar-refractivity contribution in [2.75, 3.05) is 13.2 Å². The Morgan fingerprint density at radius 3 is 2.79 bits per heavy atom. The fourth-order valence-electron chi connectivity index (χ4n) is 1.20. The second-order valence-electron chi connectivity index (χ2n) is 3.47. The lowest BCUT2D eigenvalue weighted by Gasteiger charge is -2.06. The van der Waals surface area contributed by atoms with Gasteiger partial charge in [0.15, 0.2) is 0 Å². The van der Waals surface area contributed by atoms with Crippen molar-refractivity contribution in [2.24, 2.45) is 0 Å². The van der Waals surface area contributed by atoms with Crippen molar-refractivity contribution in [3.8, 4) is 0 Å². The van der Waals surface area contributed by atoms with Crippen LogP contribution >= 0.6 is 11.6 Å². The third kappa shape index (κ3) is 4.66. The highest BCUT2D eigenvalue weighted by atomic mass is 35.5. The SMILES string of the molecule is CCOC(=O)CCNS(=O)(=O)c1c[nH]c(=O)c(Cl)c1. The number of carbonyl (C=O) groups is 1. The van der Waals surface area contributed by atoms with E-state index in [1.54, 1.807) is 6.92 Å². The predicted molar refractivity (Wildman–Crippen MR) is 68.5 cm³/mol. The molecule has 2 N–H and O–H groups in total. The van der Waals surface area contributed by atoms with Crippen molar-refractivity contribution < 1.29 is 17.9 Å². The van der Waals surface area contributed by atoms with E-state index in [4.69, 9.17) is 11.6 Å². The highest BCUT2D eigenvalue weighted by molar-refractivity contribution is 7.89. The van der Waals surface area contributed by atoms with E-state index < -0.39 is 21.6 Å². The maximum atomic E-state index is 11.8. The number of nitrogens with one attached hydrogen (secondary N) is 2. The van der Waals surface area contributed by atoms with Gasteiger partial charge in [-0.05, 0) is 13.0 Å². The van der Waals surface area contributed by atoms with Gasteiger partial charge in [0.1, 0.15) is 5.02 Å². The molecule has 106 valence electrons. The lowest BCUT2D eigenvalue weighted by Crippen LogP contribution is -2.27. The summed E-state index contributed by atoms with van der Waals surface area (Å²) in [6.45, 7) is 1.80. The first-order valence-electron chi connectivity index (χ1n) is 5.40. The van der Waals surface area contributed by atoms with Crippen molar-refractivity contribution in [3.63, 3.8) is 0 Å². The second kappa shape index (κ2) is 6.69. The predicted octanol–water partition coefficient (Wildman–Crippen LogP) is 0.260. The number of hydrogen-bond acceptors (Lipinski definition) is 5. The van der Waals surface area contributed by atoms with Crippen molar-refractivity contribution in [3.05, 3.63) is 27.6 Å². The number of aromatic amines is 1. The molecule has 7 nitrogen and oxygen atoms in total. The van der Waals surface area contributed by atoms with Crippen LogP contribution in [0.4, 0.5) is 0 Å². The zero-order valence-electron chi connectivity index (χ0n) is 10.1. The summed E-state index contributed by atoms with van der Waals surface area (Å²) >= 11 is 5.54. The van der Waals surface area contributed by atoms with E-state index >= 15 is 0 Å². The molecule has 19 heavy (non-hydrogen) atoms. The zero-order valence-corrected chi connectivity index (χ0v) is 11.7. The van der Waals surface area contributed by atoms with Crippen LogP contribution < -0.4 is 10.3 Å². The molecule has 1 aromatic heterocycles. The van der Waals surface area contributed by atoms with E-state index in [0.29, 0.717) is 0 Å². The fourth-order valence-corrected chi connectivity index (χ4v) is 2.46. The third-order valence-electron chi connectivity index (χ3n) is 2.07. The Kier molecular flexibility index (Phi) is 5.52. The van der Waals surface area contributed by atoms with Crippen molar-refractivity contribution in [2.45, 2.75) is 18.2 Å². The Labute approximate surface area is 115 Å². The van der Waals surface area contributed by atoms with Gasteiger partial charge >= 0.3 is 5.97 Å². The van der Waals surface area contributed by atoms with Crippen LogP contribution in [0, 0.1) is 0 Å². The van der Waals surface area contributed by atoms with Gasteiger partial charge < -0.3 is 9.72 Å². The normalized spacial score (nSPS) is 11.3. The van der Waals surface area contributed by atoms with Crippen LogP contribution in [0.1, 0.15) is 13.3 Å². The summed E-state index contributed by atoms with van der Waals surface area (Å²) in [6, 6.07) is 1.03. The van der Waals surface area contributed by atoms with E-state index in [1.807, 2.05) is 0 Å². The number of pyridine rings is 1. The van der Waals surface area contributed by atoms with Gasteiger partial charge in [0.25, 0.3) is 5.56 Å². The maximum Gasteiger partial charge on any atom is 0.307 e. The third-order valence-corrected chi connectivity index (χ3v) is 3.79. The number of halogens is 1. The van der Waals surface area contributed by atoms with Crippen LogP contribution in [0.25, 0.3) is 0 Å². The van der Waals surface area contributed by atoms with E-state index in [2.05, 4.69) is 14.4 Å². The monoisotopic (exact) mass is 308 g/mol. The summed E-state index contributed by atoms with van der Waals surface area (Å²) < 4.78 is 30.4. The van der Waals surface area contributed by atoms with Gasteiger partial charge in [0.2, 0.25) is 10.0 Å². The van der Waals surface area contributed by atoms with Crippen LogP contribution in [-0.2, 0) is 19.6 Å². The van der Waals surface area contributed by atoms with Crippen molar-refractivity contribution in [1.29, 1.82) is 0 Å². The number of esters is 1. The Morgan fingerprint density at radius 2 is 2.21 bits per heavy atom. The summed E-state index contributed by atoms with van der Waals surface area (Å²) in [5, 5.41) is -0.228. The highest BCUT2D eigenvalue weighted by Crippen LogP contribution is 2.10. The Balaban J connectivity index is 2.68. The maximum absolute atomic E-state index is 11.8. The summed E-state index contributed by atoms with van der Waals surface area (Å²) in [5.74, 6) is -0.496.